The highest BCUT2D eigenvalue weighted by atomic mass is 16.2. The number of hydrogen-bond acceptors (Lipinski definition) is 6. The van der Waals surface area contributed by atoms with Crippen LogP contribution in [0.5, 0.6) is 0 Å². The second-order valence-corrected chi connectivity index (χ2v) is 6.22. The number of amides is 2. The predicted molar refractivity (Wildman–Crippen MR) is 92.8 cm³/mol. The number of nitrogens with one attached hydrogen (secondary N) is 2. The first-order valence-corrected chi connectivity index (χ1v) is 8.30. The number of carbonyl (C=O) groups excluding carboxylic acids is 2. The van der Waals surface area contributed by atoms with Gasteiger partial charge >= 0.3 is 0 Å². The molecule has 0 bridgehead atoms. The summed E-state index contributed by atoms with van der Waals surface area (Å²) in [6.07, 6.45) is 2.31. The lowest BCUT2D eigenvalue weighted by Gasteiger charge is -2.32. The van der Waals surface area contributed by atoms with Gasteiger partial charge in [0, 0.05) is 45.2 Å². The molecule has 0 aromatic carbocycles. The lowest BCUT2D eigenvalue weighted by atomic mass is 10.2. The van der Waals surface area contributed by atoms with Crippen LogP contribution in [-0.2, 0) is 9.59 Å². The van der Waals surface area contributed by atoms with E-state index in [9.17, 15) is 9.59 Å². The number of hydrogen-bond donors (Lipinski definition) is 2. The van der Waals surface area contributed by atoms with Crippen molar-refractivity contribution >= 4 is 23.5 Å². The molecule has 8 nitrogen and oxygen atoms in total. The Balaban J connectivity index is 1.78. The summed E-state index contributed by atoms with van der Waals surface area (Å²) in [5.74, 6) is 1.65. The maximum Gasteiger partial charge on any atom is 0.241 e. The molecule has 8 heteroatoms. The molecular formula is C16H26N6O2. The first kappa shape index (κ1) is 18.0. The highest BCUT2D eigenvalue weighted by molar-refractivity contribution is 5.82. The van der Waals surface area contributed by atoms with E-state index in [4.69, 9.17) is 0 Å². The number of likely N-dealkylation sites (N-methyl/N-ethyl adjacent to an activating group) is 1. The van der Waals surface area contributed by atoms with E-state index in [-0.39, 0.29) is 17.7 Å². The molecule has 1 fully saturated rings. The third-order valence-electron chi connectivity index (χ3n) is 3.92. The van der Waals surface area contributed by atoms with Gasteiger partial charge in [-0.25, -0.2) is 9.97 Å². The molecule has 1 aliphatic rings. The van der Waals surface area contributed by atoms with Crippen molar-refractivity contribution < 1.29 is 9.59 Å². The quantitative estimate of drug-likeness (QED) is 0.699. The zero-order chi connectivity index (χ0) is 17.5. The van der Waals surface area contributed by atoms with Gasteiger partial charge < -0.3 is 20.4 Å². The minimum absolute atomic E-state index is 0.00804. The number of rotatable bonds is 7. The summed E-state index contributed by atoms with van der Waals surface area (Å²) in [6.45, 7) is 6.89. The fourth-order valence-electron chi connectivity index (χ4n) is 2.29. The third kappa shape index (κ3) is 5.07. The molecule has 1 aromatic rings. The van der Waals surface area contributed by atoms with E-state index in [2.05, 4.69) is 20.6 Å². The smallest absolute Gasteiger partial charge is 0.241 e. The van der Waals surface area contributed by atoms with Crippen LogP contribution in [0, 0.1) is 5.92 Å². The van der Waals surface area contributed by atoms with E-state index in [1.54, 1.807) is 4.90 Å². The van der Waals surface area contributed by atoms with E-state index in [1.807, 2.05) is 31.9 Å². The highest BCUT2D eigenvalue weighted by Crippen LogP contribution is 2.16. The molecule has 24 heavy (non-hydrogen) atoms. The van der Waals surface area contributed by atoms with Crippen molar-refractivity contribution in [1.82, 2.24) is 20.2 Å². The van der Waals surface area contributed by atoms with Crippen molar-refractivity contribution in [2.24, 2.45) is 5.92 Å². The SMILES string of the molecule is CC(C)C(=O)NCCCNc1cc(N2CCN(C)C(=O)C2)ncn1. The van der Waals surface area contributed by atoms with Crippen molar-refractivity contribution in [1.29, 1.82) is 0 Å². The Labute approximate surface area is 142 Å². The monoisotopic (exact) mass is 334 g/mol. The molecule has 2 heterocycles. The molecule has 2 amide bonds. The van der Waals surface area contributed by atoms with Gasteiger partial charge in [-0.15, -0.1) is 0 Å². The van der Waals surface area contributed by atoms with Gasteiger partial charge in [0.1, 0.15) is 18.0 Å². The van der Waals surface area contributed by atoms with Gasteiger partial charge in [0.15, 0.2) is 0 Å². The van der Waals surface area contributed by atoms with E-state index in [0.717, 1.165) is 24.6 Å². The number of aromatic nitrogens is 2. The van der Waals surface area contributed by atoms with Crippen LogP contribution >= 0.6 is 0 Å². The lowest BCUT2D eigenvalue weighted by Crippen LogP contribution is -2.48. The van der Waals surface area contributed by atoms with E-state index in [1.165, 1.54) is 6.33 Å². The van der Waals surface area contributed by atoms with E-state index >= 15 is 0 Å². The molecule has 1 aliphatic heterocycles. The lowest BCUT2D eigenvalue weighted by molar-refractivity contribution is -0.129. The molecule has 132 valence electrons. The zero-order valence-corrected chi connectivity index (χ0v) is 14.6. The van der Waals surface area contributed by atoms with Crippen LogP contribution in [0.2, 0.25) is 0 Å². The maximum absolute atomic E-state index is 11.8. The molecule has 1 saturated heterocycles. The van der Waals surface area contributed by atoms with Crippen molar-refractivity contribution in [2.45, 2.75) is 20.3 Å². The number of piperazine rings is 1. The molecule has 0 aliphatic carbocycles. The maximum atomic E-state index is 11.8. The second-order valence-electron chi connectivity index (χ2n) is 6.22. The summed E-state index contributed by atoms with van der Waals surface area (Å²) in [5.41, 5.74) is 0. The highest BCUT2D eigenvalue weighted by Gasteiger charge is 2.22. The van der Waals surface area contributed by atoms with Gasteiger partial charge in [0.2, 0.25) is 11.8 Å². The molecule has 0 saturated carbocycles. The van der Waals surface area contributed by atoms with Crippen molar-refractivity contribution in [3.8, 4) is 0 Å². The summed E-state index contributed by atoms with van der Waals surface area (Å²) >= 11 is 0. The summed E-state index contributed by atoms with van der Waals surface area (Å²) < 4.78 is 0. The van der Waals surface area contributed by atoms with Crippen molar-refractivity contribution in [2.75, 3.05) is 50.0 Å². The fraction of sp³-hybridized carbons (Fsp3) is 0.625. The van der Waals surface area contributed by atoms with E-state index < -0.39 is 0 Å². The van der Waals surface area contributed by atoms with Crippen LogP contribution in [-0.4, -0.2) is 66.5 Å². The van der Waals surface area contributed by atoms with Crippen molar-refractivity contribution in [3.05, 3.63) is 12.4 Å². The molecule has 2 N–H and O–H groups in total. The number of carbonyl (C=O) groups is 2. The Hall–Kier alpha value is -2.38. The molecule has 1 aromatic heterocycles. The number of nitrogens with zero attached hydrogens (tertiary/aromatic N) is 4. The summed E-state index contributed by atoms with van der Waals surface area (Å²) in [5, 5.41) is 6.10. The van der Waals surface area contributed by atoms with Gasteiger partial charge in [-0.05, 0) is 6.42 Å². The van der Waals surface area contributed by atoms with Gasteiger partial charge in [-0.1, -0.05) is 13.8 Å². The molecule has 0 radical (unpaired) electrons. The van der Waals surface area contributed by atoms with Crippen LogP contribution in [0.25, 0.3) is 0 Å². The van der Waals surface area contributed by atoms with Crippen LogP contribution in [0.15, 0.2) is 12.4 Å². The molecule has 0 spiro atoms. The first-order chi connectivity index (χ1) is 11.5. The Bertz CT molecular complexity index is 577. The molecular weight excluding hydrogens is 308 g/mol. The van der Waals surface area contributed by atoms with E-state index in [0.29, 0.717) is 26.2 Å². The van der Waals surface area contributed by atoms with Crippen LogP contribution in [0.3, 0.4) is 0 Å². The molecule has 0 unspecified atom stereocenters. The Morgan fingerprint density at radius 3 is 2.79 bits per heavy atom. The topological polar surface area (TPSA) is 90.5 Å². The zero-order valence-electron chi connectivity index (χ0n) is 14.6. The first-order valence-electron chi connectivity index (χ1n) is 8.30. The fourth-order valence-corrected chi connectivity index (χ4v) is 2.29. The normalized spacial score (nSPS) is 14.9. The minimum Gasteiger partial charge on any atom is -0.370 e. The number of anilines is 2. The molecule has 0 atom stereocenters. The predicted octanol–water partition coefficient (Wildman–Crippen LogP) is 0.329. The van der Waals surface area contributed by atoms with Crippen LogP contribution in [0.1, 0.15) is 20.3 Å². The van der Waals surface area contributed by atoms with Gasteiger partial charge in [-0.3, -0.25) is 9.59 Å². The van der Waals surface area contributed by atoms with Gasteiger partial charge in [0.05, 0.1) is 6.54 Å². The summed E-state index contributed by atoms with van der Waals surface area (Å²) in [7, 11) is 1.81. The Kier molecular flexibility index (Phi) is 6.34. The Morgan fingerprint density at radius 1 is 1.29 bits per heavy atom. The minimum atomic E-state index is 0.00804. The standard InChI is InChI=1S/C16H26N6O2/c1-12(2)16(24)18-6-4-5-17-13-9-14(20-11-19-13)22-8-7-21(3)15(23)10-22/h9,11-12H,4-8,10H2,1-3H3,(H,18,24)(H,17,19,20). The van der Waals surface area contributed by atoms with Crippen molar-refractivity contribution in [3.63, 3.8) is 0 Å². The second kappa shape index (κ2) is 8.47. The Morgan fingerprint density at radius 2 is 2.08 bits per heavy atom. The van der Waals surface area contributed by atoms with Crippen LogP contribution < -0.4 is 15.5 Å². The van der Waals surface area contributed by atoms with Crippen LogP contribution in [0.4, 0.5) is 11.6 Å². The van der Waals surface area contributed by atoms with Gasteiger partial charge in [0.25, 0.3) is 0 Å². The average Bonchev–Trinajstić information content (AvgIpc) is 2.57. The summed E-state index contributed by atoms with van der Waals surface area (Å²) in [6, 6.07) is 1.85. The third-order valence-corrected chi connectivity index (χ3v) is 3.92. The average molecular weight is 334 g/mol. The summed E-state index contributed by atoms with van der Waals surface area (Å²) in [4.78, 5) is 35.4. The largest absolute Gasteiger partial charge is 0.370 e. The van der Waals surface area contributed by atoms with Gasteiger partial charge in [-0.2, -0.15) is 0 Å². The molecule has 2 rings (SSSR count).